The first kappa shape index (κ1) is 17.8. The van der Waals surface area contributed by atoms with E-state index in [-0.39, 0.29) is 11.7 Å². The zero-order chi connectivity index (χ0) is 17.9. The summed E-state index contributed by atoms with van der Waals surface area (Å²) in [7, 11) is -3.63. The Kier molecular flexibility index (Phi) is 5.30. The van der Waals surface area contributed by atoms with Gasteiger partial charge in [-0.25, -0.2) is 8.42 Å². The van der Waals surface area contributed by atoms with Crippen LogP contribution in [-0.4, -0.2) is 32.3 Å². The van der Waals surface area contributed by atoms with Crippen molar-refractivity contribution >= 4 is 33.2 Å². The van der Waals surface area contributed by atoms with E-state index in [0.717, 1.165) is 25.9 Å². The van der Waals surface area contributed by atoms with E-state index >= 15 is 0 Å². The number of anilines is 1. The van der Waals surface area contributed by atoms with Crippen LogP contribution in [0.1, 0.15) is 28.8 Å². The average Bonchev–Trinajstić information content (AvgIpc) is 3.10. The van der Waals surface area contributed by atoms with Crippen molar-refractivity contribution in [2.75, 3.05) is 17.8 Å². The van der Waals surface area contributed by atoms with Gasteiger partial charge in [0.1, 0.15) is 0 Å². The third-order valence-corrected chi connectivity index (χ3v) is 5.69. The summed E-state index contributed by atoms with van der Waals surface area (Å²) in [5.41, 5.74) is 1.39. The molecular weight excluding hydrogens is 360 g/mol. The Morgan fingerprint density at radius 2 is 1.80 bits per heavy atom. The molecule has 2 aromatic carbocycles. The van der Waals surface area contributed by atoms with Crippen LogP contribution >= 0.6 is 11.6 Å². The molecule has 2 aromatic rings. The van der Waals surface area contributed by atoms with E-state index in [9.17, 15) is 13.2 Å². The number of hydrogen-bond donors (Lipinski definition) is 1. The molecule has 0 radical (unpaired) electrons. The smallest absolute Gasteiger partial charge is 0.253 e. The summed E-state index contributed by atoms with van der Waals surface area (Å²) in [6, 6.07) is 13.4. The molecule has 1 N–H and O–H groups in total. The van der Waals surface area contributed by atoms with Gasteiger partial charge in [0.25, 0.3) is 5.91 Å². The van der Waals surface area contributed by atoms with Crippen molar-refractivity contribution < 1.29 is 13.2 Å². The highest BCUT2D eigenvalue weighted by Gasteiger charge is 2.20. The highest BCUT2D eigenvalue weighted by Crippen LogP contribution is 2.21. The number of hydrogen-bond acceptors (Lipinski definition) is 3. The van der Waals surface area contributed by atoms with Gasteiger partial charge < -0.3 is 4.90 Å². The van der Waals surface area contributed by atoms with Gasteiger partial charge in [-0.3, -0.25) is 9.52 Å². The lowest BCUT2D eigenvalue weighted by Crippen LogP contribution is -2.27. The van der Waals surface area contributed by atoms with E-state index in [0.29, 0.717) is 21.8 Å². The Bertz CT molecular complexity index is 877. The molecule has 1 aliphatic rings. The molecule has 1 aliphatic heterocycles. The zero-order valence-electron chi connectivity index (χ0n) is 13.6. The fraction of sp³-hybridized carbons (Fsp3) is 0.278. The Labute approximate surface area is 152 Å². The second-order valence-corrected chi connectivity index (χ2v) is 8.16. The number of carbonyl (C=O) groups excluding carboxylic acids is 1. The summed E-state index contributed by atoms with van der Waals surface area (Å²) in [6.07, 6.45) is 2.02. The number of nitrogens with zero attached hydrogens (tertiary/aromatic N) is 1. The van der Waals surface area contributed by atoms with Crippen LogP contribution in [0, 0.1) is 0 Å². The topological polar surface area (TPSA) is 66.5 Å². The van der Waals surface area contributed by atoms with Crippen LogP contribution in [0.25, 0.3) is 0 Å². The molecule has 0 bridgehead atoms. The van der Waals surface area contributed by atoms with E-state index in [1.165, 1.54) is 0 Å². The van der Waals surface area contributed by atoms with Gasteiger partial charge in [0, 0.05) is 29.4 Å². The third kappa shape index (κ3) is 4.52. The largest absolute Gasteiger partial charge is 0.339 e. The third-order valence-electron chi connectivity index (χ3n) is 4.08. The average molecular weight is 379 g/mol. The molecule has 7 heteroatoms. The Morgan fingerprint density at radius 3 is 2.52 bits per heavy atom. The molecule has 1 fully saturated rings. The van der Waals surface area contributed by atoms with E-state index in [1.54, 1.807) is 53.4 Å². The molecule has 0 aromatic heterocycles. The van der Waals surface area contributed by atoms with Gasteiger partial charge >= 0.3 is 0 Å². The summed E-state index contributed by atoms with van der Waals surface area (Å²) < 4.78 is 27.3. The second-order valence-electron chi connectivity index (χ2n) is 6.03. The lowest BCUT2D eigenvalue weighted by atomic mass is 10.2. The molecule has 0 aliphatic carbocycles. The van der Waals surface area contributed by atoms with Gasteiger partial charge in [-0.15, -0.1) is 0 Å². The number of nitrogens with one attached hydrogen (secondary N) is 1. The molecule has 0 atom stereocenters. The Balaban J connectivity index is 1.75. The second kappa shape index (κ2) is 7.45. The van der Waals surface area contributed by atoms with Crippen molar-refractivity contribution in [3.8, 4) is 0 Å². The lowest BCUT2D eigenvalue weighted by molar-refractivity contribution is 0.0793. The van der Waals surface area contributed by atoms with Crippen LogP contribution < -0.4 is 4.72 Å². The molecule has 132 valence electrons. The maximum Gasteiger partial charge on any atom is 0.253 e. The first-order chi connectivity index (χ1) is 11.9. The van der Waals surface area contributed by atoms with E-state index in [2.05, 4.69) is 4.72 Å². The minimum Gasteiger partial charge on any atom is -0.339 e. The molecule has 25 heavy (non-hydrogen) atoms. The molecule has 5 nitrogen and oxygen atoms in total. The molecule has 1 heterocycles. The molecular formula is C18H19ClN2O3S. The number of rotatable bonds is 5. The normalized spacial score (nSPS) is 14.5. The van der Waals surface area contributed by atoms with Crippen molar-refractivity contribution in [1.82, 2.24) is 4.90 Å². The van der Waals surface area contributed by atoms with Crippen LogP contribution in [0.3, 0.4) is 0 Å². The zero-order valence-corrected chi connectivity index (χ0v) is 15.2. The standard InChI is InChI=1S/C18H19ClN2O3S/c19-17-9-2-1-6-15(17)13-25(23,24)20-16-8-5-7-14(12-16)18(22)21-10-3-4-11-21/h1-2,5-9,12,20H,3-4,10-11,13H2. The van der Waals surface area contributed by atoms with E-state index < -0.39 is 10.0 Å². The minimum absolute atomic E-state index is 0.0651. The Morgan fingerprint density at radius 1 is 1.08 bits per heavy atom. The van der Waals surface area contributed by atoms with E-state index in [1.807, 2.05) is 0 Å². The summed E-state index contributed by atoms with van der Waals surface area (Å²) in [5.74, 6) is -0.290. The van der Waals surface area contributed by atoms with Gasteiger partial charge in [0.2, 0.25) is 10.0 Å². The molecule has 1 amide bonds. The van der Waals surface area contributed by atoms with Crippen LogP contribution in [0.15, 0.2) is 48.5 Å². The summed E-state index contributed by atoms with van der Waals surface area (Å²) in [4.78, 5) is 14.2. The first-order valence-corrected chi connectivity index (χ1v) is 10.1. The van der Waals surface area contributed by atoms with Gasteiger partial charge in [-0.2, -0.15) is 0 Å². The summed E-state index contributed by atoms with van der Waals surface area (Å²) in [5, 5.41) is 0.408. The van der Waals surface area contributed by atoms with Crippen molar-refractivity contribution in [3.05, 3.63) is 64.7 Å². The molecule has 0 spiro atoms. The molecule has 0 saturated carbocycles. The predicted molar refractivity (Wildman–Crippen MR) is 99.3 cm³/mol. The number of amides is 1. The fourth-order valence-corrected chi connectivity index (χ4v) is 4.36. The minimum atomic E-state index is -3.63. The number of halogens is 1. The maximum atomic E-state index is 12.4. The van der Waals surface area contributed by atoms with Gasteiger partial charge in [-0.1, -0.05) is 35.9 Å². The van der Waals surface area contributed by atoms with Crippen molar-refractivity contribution in [3.63, 3.8) is 0 Å². The van der Waals surface area contributed by atoms with Crippen LogP contribution in [0.5, 0.6) is 0 Å². The summed E-state index contributed by atoms with van der Waals surface area (Å²) in [6.45, 7) is 1.50. The monoisotopic (exact) mass is 378 g/mol. The van der Waals surface area contributed by atoms with Crippen molar-refractivity contribution in [2.24, 2.45) is 0 Å². The highest BCUT2D eigenvalue weighted by atomic mass is 35.5. The highest BCUT2D eigenvalue weighted by molar-refractivity contribution is 7.91. The van der Waals surface area contributed by atoms with Crippen molar-refractivity contribution in [1.29, 1.82) is 0 Å². The molecule has 3 rings (SSSR count). The Hall–Kier alpha value is -2.05. The number of likely N-dealkylation sites (tertiary alicyclic amines) is 1. The number of benzene rings is 2. The van der Waals surface area contributed by atoms with E-state index in [4.69, 9.17) is 11.6 Å². The SMILES string of the molecule is O=C(c1cccc(NS(=O)(=O)Cc2ccccc2Cl)c1)N1CCCC1. The van der Waals surface area contributed by atoms with Crippen LogP contribution in [-0.2, 0) is 15.8 Å². The molecule has 0 unspecified atom stereocenters. The quantitative estimate of drug-likeness (QED) is 0.865. The molecule has 1 saturated heterocycles. The maximum absolute atomic E-state index is 12.4. The first-order valence-electron chi connectivity index (χ1n) is 8.08. The van der Waals surface area contributed by atoms with Gasteiger partial charge in [0.05, 0.1) is 5.75 Å². The lowest BCUT2D eigenvalue weighted by Gasteiger charge is -2.16. The summed E-state index contributed by atoms with van der Waals surface area (Å²) >= 11 is 6.03. The van der Waals surface area contributed by atoms with Gasteiger partial charge in [0.15, 0.2) is 0 Å². The van der Waals surface area contributed by atoms with Crippen molar-refractivity contribution in [2.45, 2.75) is 18.6 Å². The van der Waals surface area contributed by atoms with Crippen LogP contribution in [0.4, 0.5) is 5.69 Å². The fourth-order valence-electron chi connectivity index (χ4n) is 2.85. The number of sulfonamides is 1. The predicted octanol–water partition coefficient (Wildman–Crippen LogP) is 3.52. The van der Waals surface area contributed by atoms with Crippen LogP contribution in [0.2, 0.25) is 5.02 Å². The number of carbonyl (C=O) groups is 1. The van der Waals surface area contributed by atoms with Gasteiger partial charge in [-0.05, 0) is 42.7 Å².